The molecule has 3 nitrogen and oxygen atoms in total. The molecular formula is C11H13NO2S. The summed E-state index contributed by atoms with van der Waals surface area (Å²) in [4.78, 5) is 21.9. The van der Waals surface area contributed by atoms with E-state index in [0.29, 0.717) is 11.1 Å². The Morgan fingerprint density at radius 3 is 1.80 bits per heavy atom. The zero-order valence-electron chi connectivity index (χ0n) is 8.41. The van der Waals surface area contributed by atoms with Crippen LogP contribution in [0.4, 0.5) is 0 Å². The van der Waals surface area contributed by atoms with E-state index in [2.05, 4.69) is 11.9 Å². The number of hydrogen-bond donors (Lipinski definition) is 1. The highest BCUT2D eigenvalue weighted by molar-refractivity contribution is 7.59. The third-order valence-electron chi connectivity index (χ3n) is 1.64. The first-order valence-corrected chi connectivity index (χ1v) is 4.22. The smallest absolute Gasteiger partial charge is 0.258 e. The number of carbonyl (C=O) groups excluding carboxylic acids is 2. The number of imide groups is 1. The standard InChI is InChI=1S/C8H5NO2.C3H6.H2S/c10-7-5-3-1-2-4-6(5)8(11)9-7;1-3-2;/h1-4H,(H,9,10,11);3H,1H2,2H3;1H2. The minimum Gasteiger partial charge on any atom is -0.288 e. The van der Waals surface area contributed by atoms with Crippen LogP contribution >= 0.6 is 13.5 Å². The molecule has 2 rings (SSSR count). The fourth-order valence-corrected chi connectivity index (χ4v) is 1.12. The predicted octanol–water partition coefficient (Wildman–Crippen LogP) is 1.88. The van der Waals surface area contributed by atoms with Crippen molar-refractivity contribution in [2.75, 3.05) is 0 Å². The molecule has 1 aromatic carbocycles. The Kier molecular flexibility index (Phi) is 5.41. The minimum atomic E-state index is -0.300. The van der Waals surface area contributed by atoms with Gasteiger partial charge < -0.3 is 0 Å². The van der Waals surface area contributed by atoms with Gasteiger partial charge in [-0.1, -0.05) is 18.2 Å². The van der Waals surface area contributed by atoms with Gasteiger partial charge in [-0.05, 0) is 19.1 Å². The third kappa shape index (κ3) is 2.95. The average Bonchev–Trinajstić information content (AvgIpc) is 2.45. The van der Waals surface area contributed by atoms with E-state index in [1.165, 1.54) is 0 Å². The molecule has 0 fully saturated rings. The number of fused-ring (bicyclic) bond motifs is 1. The van der Waals surface area contributed by atoms with Crippen LogP contribution in [-0.2, 0) is 0 Å². The van der Waals surface area contributed by atoms with Gasteiger partial charge in [-0.2, -0.15) is 13.5 Å². The fraction of sp³-hybridized carbons (Fsp3) is 0.0909. The van der Waals surface area contributed by atoms with Gasteiger partial charge in [0.15, 0.2) is 0 Å². The lowest BCUT2D eigenvalue weighted by Crippen LogP contribution is -2.19. The van der Waals surface area contributed by atoms with Crippen LogP contribution in [0.15, 0.2) is 36.9 Å². The van der Waals surface area contributed by atoms with Crippen LogP contribution in [0.3, 0.4) is 0 Å². The number of hydrogen-bond acceptors (Lipinski definition) is 2. The van der Waals surface area contributed by atoms with Gasteiger partial charge in [0.1, 0.15) is 0 Å². The summed E-state index contributed by atoms with van der Waals surface area (Å²) in [6.07, 6.45) is 1.75. The Hall–Kier alpha value is -1.55. The molecule has 1 N–H and O–H groups in total. The highest BCUT2D eigenvalue weighted by atomic mass is 32.1. The van der Waals surface area contributed by atoms with Crippen LogP contribution in [0.5, 0.6) is 0 Å². The second-order valence-corrected chi connectivity index (χ2v) is 2.74. The maximum absolute atomic E-state index is 10.9. The number of carbonyl (C=O) groups is 2. The number of nitrogens with one attached hydrogen (secondary N) is 1. The highest BCUT2D eigenvalue weighted by Crippen LogP contribution is 2.13. The predicted molar refractivity (Wildman–Crippen MR) is 64.5 cm³/mol. The Balaban J connectivity index is 0.000000443. The SMILES string of the molecule is C=CC.O=C1NC(=O)c2ccccc21.S. The molecule has 0 aromatic heterocycles. The van der Waals surface area contributed by atoms with Crippen LogP contribution in [0, 0.1) is 0 Å². The summed E-state index contributed by atoms with van der Waals surface area (Å²) < 4.78 is 0. The summed E-state index contributed by atoms with van der Waals surface area (Å²) in [5.41, 5.74) is 0.940. The van der Waals surface area contributed by atoms with Crippen LogP contribution in [0.2, 0.25) is 0 Å². The molecule has 0 spiro atoms. The zero-order valence-corrected chi connectivity index (χ0v) is 9.41. The minimum absolute atomic E-state index is 0. The molecule has 0 atom stereocenters. The maximum atomic E-state index is 10.9. The van der Waals surface area contributed by atoms with Gasteiger partial charge >= 0.3 is 0 Å². The van der Waals surface area contributed by atoms with Crippen molar-refractivity contribution >= 4 is 25.3 Å². The largest absolute Gasteiger partial charge is 0.288 e. The molecule has 1 heterocycles. The van der Waals surface area contributed by atoms with Gasteiger partial charge in [-0.3, -0.25) is 14.9 Å². The molecular weight excluding hydrogens is 210 g/mol. The van der Waals surface area contributed by atoms with E-state index in [1.807, 2.05) is 6.92 Å². The van der Waals surface area contributed by atoms with Crippen molar-refractivity contribution < 1.29 is 9.59 Å². The highest BCUT2D eigenvalue weighted by Gasteiger charge is 2.25. The fourth-order valence-electron chi connectivity index (χ4n) is 1.12. The molecule has 2 amide bonds. The topological polar surface area (TPSA) is 46.2 Å². The third-order valence-corrected chi connectivity index (χ3v) is 1.64. The summed E-state index contributed by atoms with van der Waals surface area (Å²) in [5, 5.41) is 2.20. The van der Waals surface area contributed by atoms with E-state index in [0.717, 1.165) is 0 Å². The number of rotatable bonds is 0. The summed E-state index contributed by atoms with van der Waals surface area (Å²) >= 11 is 0. The van der Waals surface area contributed by atoms with Gasteiger partial charge in [0.05, 0.1) is 11.1 Å². The molecule has 1 aliphatic rings. The van der Waals surface area contributed by atoms with Crippen molar-refractivity contribution in [3.05, 3.63) is 48.0 Å². The first-order chi connectivity index (χ1) is 6.70. The van der Waals surface area contributed by atoms with Crippen molar-refractivity contribution in [3.8, 4) is 0 Å². The van der Waals surface area contributed by atoms with E-state index in [1.54, 1.807) is 30.3 Å². The van der Waals surface area contributed by atoms with Gasteiger partial charge in [0.2, 0.25) is 0 Å². The molecule has 0 saturated carbocycles. The first kappa shape index (κ1) is 13.5. The Labute approximate surface area is 95.6 Å². The zero-order chi connectivity index (χ0) is 10.6. The lowest BCUT2D eigenvalue weighted by Gasteiger charge is -1.88. The van der Waals surface area contributed by atoms with Crippen LogP contribution in [0.25, 0.3) is 0 Å². The van der Waals surface area contributed by atoms with Crippen molar-refractivity contribution in [2.24, 2.45) is 0 Å². The normalized spacial score (nSPS) is 11.5. The van der Waals surface area contributed by atoms with Crippen molar-refractivity contribution in [2.45, 2.75) is 6.92 Å². The van der Waals surface area contributed by atoms with E-state index >= 15 is 0 Å². The lowest BCUT2D eigenvalue weighted by atomic mass is 10.1. The van der Waals surface area contributed by atoms with E-state index in [9.17, 15) is 9.59 Å². The lowest BCUT2D eigenvalue weighted by molar-refractivity contribution is 0.0879. The van der Waals surface area contributed by atoms with Crippen molar-refractivity contribution in [1.29, 1.82) is 0 Å². The van der Waals surface area contributed by atoms with Crippen LogP contribution in [0.1, 0.15) is 27.6 Å². The van der Waals surface area contributed by atoms with E-state index in [-0.39, 0.29) is 25.3 Å². The summed E-state index contributed by atoms with van der Waals surface area (Å²) in [7, 11) is 0. The second-order valence-electron chi connectivity index (χ2n) is 2.74. The molecule has 0 aliphatic carbocycles. The molecule has 0 bridgehead atoms. The molecule has 1 aromatic rings. The summed E-state index contributed by atoms with van der Waals surface area (Å²) in [5.74, 6) is -0.601. The van der Waals surface area contributed by atoms with Crippen molar-refractivity contribution in [3.63, 3.8) is 0 Å². The van der Waals surface area contributed by atoms with Gasteiger partial charge in [-0.15, -0.1) is 6.58 Å². The van der Waals surface area contributed by atoms with Crippen LogP contribution in [-0.4, -0.2) is 11.8 Å². The average molecular weight is 223 g/mol. The second kappa shape index (κ2) is 6.03. The van der Waals surface area contributed by atoms with Crippen LogP contribution < -0.4 is 5.32 Å². The molecule has 80 valence electrons. The quantitative estimate of drug-likeness (QED) is 0.539. The van der Waals surface area contributed by atoms with Gasteiger partial charge in [0.25, 0.3) is 11.8 Å². The maximum Gasteiger partial charge on any atom is 0.258 e. The monoisotopic (exact) mass is 223 g/mol. The van der Waals surface area contributed by atoms with E-state index in [4.69, 9.17) is 0 Å². The molecule has 0 unspecified atom stereocenters. The summed E-state index contributed by atoms with van der Waals surface area (Å²) in [6.45, 7) is 5.25. The van der Waals surface area contributed by atoms with E-state index < -0.39 is 0 Å². The molecule has 0 saturated heterocycles. The molecule has 4 heteroatoms. The molecule has 0 radical (unpaired) electrons. The number of amides is 2. The Bertz CT molecular complexity index is 355. The Morgan fingerprint density at radius 1 is 1.13 bits per heavy atom. The Morgan fingerprint density at radius 2 is 1.47 bits per heavy atom. The molecule has 15 heavy (non-hydrogen) atoms. The summed E-state index contributed by atoms with van der Waals surface area (Å²) in [6, 6.07) is 6.74. The number of allylic oxidation sites excluding steroid dienone is 1. The molecule has 1 aliphatic heterocycles. The van der Waals surface area contributed by atoms with Crippen molar-refractivity contribution in [1.82, 2.24) is 5.32 Å². The first-order valence-electron chi connectivity index (χ1n) is 4.22. The van der Waals surface area contributed by atoms with Gasteiger partial charge in [-0.25, -0.2) is 0 Å². The number of benzene rings is 1. The van der Waals surface area contributed by atoms with Gasteiger partial charge in [0, 0.05) is 0 Å².